The summed E-state index contributed by atoms with van der Waals surface area (Å²) in [6.07, 6.45) is 3.38. The zero-order chi connectivity index (χ0) is 38.7. The van der Waals surface area contributed by atoms with E-state index >= 15 is 0 Å². The van der Waals surface area contributed by atoms with Crippen LogP contribution in [0.3, 0.4) is 0 Å². The molecule has 0 unspecified atom stereocenters. The molecular formula is C39H37N11O6. The molecule has 1 atom stereocenters. The number of urea groups is 1. The van der Waals surface area contributed by atoms with Gasteiger partial charge >= 0.3 is 6.03 Å². The van der Waals surface area contributed by atoms with Crippen LogP contribution in [-0.4, -0.2) is 109 Å². The molecule has 2 saturated heterocycles. The summed E-state index contributed by atoms with van der Waals surface area (Å²) < 4.78 is 3.64. The Morgan fingerprint density at radius 2 is 1.62 bits per heavy atom. The number of fused-ring (bicyclic) bond motifs is 4. The topological polar surface area (TPSA) is 187 Å². The molecule has 0 radical (unpaired) electrons. The molecule has 56 heavy (non-hydrogen) atoms. The monoisotopic (exact) mass is 755 g/mol. The van der Waals surface area contributed by atoms with Crippen LogP contribution in [0, 0.1) is 0 Å². The van der Waals surface area contributed by atoms with Gasteiger partial charge in [-0.3, -0.25) is 38.9 Å². The Balaban J connectivity index is 0.774. The molecular weight excluding hydrogens is 718 g/mol. The van der Waals surface area contributed by atoms with Crippen molar-refractivity contribution in [1.29, 1.82) is 0 Å². The molecule has 17 heteroatoms. The lowest BCUT2D eigenvalue weighted by molar-refractivity contribution is -0.122. The third-order valence-electron chi connectivity index (χ3n) is 10.7. The molecule has 5 aromatic rings. The van der Waals surface area contributed by atoms with E-state index in [1.807, 2.05) is 17.6 Å². The van der Waals surface area contributed by atoms with Gasteiger partial charge in [-0.2, -0.15) is 10.1 Å². The van der Waals surface area contributed by atoms with Crippen LogP contribution in [0.15, 0.2) is 73.1 Å². The molecule has 3 aromatic heterocycles. The number of hydrazine groups is 1. The van der Waals surface area contributed by atoms with Gasteiger partial charge in [0.25, 0.3) is 23.6 Å². The minimum Gasteiger partial charge on any atom is -0.369 e. The maximum atomic E-state index is 13.2. The van der Waals surface area contributed by atoms with Gasteiger partial charge in [-0.25, -0.2) is 14.8 Å². The van der Waals surface area contributed by atoms with E-state index in [2.05, 4.69) is 60.1 Å². The molecule has 0 bridgehead atoms. The highest BCUT2D eigenvalue weighted by Crippen LogP contribution is 2.28. The third kappa shape index (κ3) is 6.30. The van der Waals surface area contributed by atoms with Crippen LogP contribution in [-0.2, 0) is 17.9 Å². The van der Waals surface area contributed by atoms with Gasteiger partial charge in [0.05, 0.1) is 42.1 Å². The van der Waals surface area contributed by atoms with Crippen molar-refractivity contribution in [3.63, 3.8) is 0 Å². The Morgan fingerprint density at radius 3 is 2.41 bits per heavy atom. The summed E-state index contributed by atoms with van der Waals surface area (Å²) in [6, 6.07) is 18.0. The van der Waals surface area contributed by atoms with Gasteiger partial charge in [0.15, 0.2) is 0 Å². The molecule has 0 aliphatic carbocycles. The van der Waals surface area contributed by atoms with Gasteiger partial charge in [-0.05, 0) is 60.5 Å². The molecule has 0 saturated carbocycles. The predicted octanol–water partition coefficient (Wildman–Crippen LogP) is 2.61. The second-order valence-corrected chi connectivity index (χ2v) is 14.4. The van der Waals surface area contributed by atoms with Crippen molar-refractivity contribution in [3.8, 4) is 0 Å². The van der Waals surface area contributed by atoms with Gasteiger partial charge in [-0.1, -0.05) is 18.2 Å². The van der Waals surface area contributed by atoms with E-state index in [1.165, 1.54) is 0 Å². The normalized spacial score (nSPS) is 18.6. The van der Waals surface area contributed by atoms with Gasteiger partial charge in [-0.15, -0.1) is 0 Å². The number of piperazine rings is 1. The molecule has 4 aliphatic rings. The number of nitrogens with one attached hydrogen (secondary N) is 3. The molecule has 4 aliphatic heterocycles. The number of anilines is 2. The van der Waals surface area contributed by atoms with Crippen LogP contribution in [0.4, 0.5) is 16.2 Å². The van der Waals surface area contributed by atoms with Gasteiger partial charge in [0.1, 0.15) is 17.0 Å². The molecule has 17 nitrogen and oxygen atoms in total. The maximum Gasteiger partial charge on any atom is 0.343 e. The molecule has 7 amide bonds. The molecule has 284 valence electrons. The highest BCUT2D eigenvalue weighted by atomic mass is 16.2. The summed E-state index contributed by atoms with van der Waals surface area (Å²) in [6.45, 7) is 6.80. The second kappa shape index (κ2) is 13.8. The predicted molar refractivity (Wildman–Crippen MR) is 202 cm³/mol. The molecule has 7 heterocycles. The van der Waals surface area contributed by atoms with E-state index in [9.17, 15) is 28.8 Å². The first-order chi connectivity index (χ1) is 27.1. The number of rotatable bonds is 8. The Morgan fingerprint density at radius 1 is 0.857 bits per heavy atom. The molecule has 9 rings (SSSR count). The largest absolute Gasteiger partial charge is 0.369 e. The minimum atomic E-state index is -0.785. The van der Waals surface area contributed by atoms with Crippen LogP contribution < -0.4 is 20.9 Å². The highest BCUT2D eigenvalue weighted by molar-refractivity contribution is 6.22. The van der Waals surface area contributed by atoms with Crippen molar-refractivity contribution in [3.05, 3.63) is 107 Å². The summed E-state index contributed by atoms with van der Waals surface area (Å²) in [5.41, 5.74) is 5.47. The van der Waals surface area contributed by atoms with Gasteiger partial charge in [0.2, 0.25) is 5.91 Å². The first-order valence-corrected chi connectivity index (χ1v) is 18.4. The van der Waals surface area contributed by atoms with Gasteiger partial charge in [0, 0.05) is 63.0 Å². The summed E-state index contributed by atoms with van der Waals surface area (Å²) in [5.74, 6) is -2.11. The Labute approximate surface area is 319 Å². The fourth-order valence-corrected chi connectivity index (χ4v) is 7.74. The van der Waals surface area contributed by atoms with Crippen molar-refractivity contribution >= 4 is 58.0 Å². The number of pyridine rings is 1. The van der Waals surface area contributed by atoms with Crippen LogP contribution >= 0.6 is 0 Å². The number of hydrogen-bond acceptors (Lipinski definition) is 10. The number of nitrogens with zero attached hydrogens (tertiary/aromatic N) is 8. The third-order valence-corrected chi connectivity index (χ3v) is 10.7. The van der Waals surface area contributed by atoms with E-state index in [0.717, 1.165) is 58.4 Å². The second-order valence-electron chi connectivity index (χ2n) is 14.4. The average molecular weight is 756 g/mol. The summed E-state index contributed by atoms with van der Waals surface area (Å²) in [7, 11) is 0. The number of benzene rings is 2. The summed E-state index contributed by atoms with van der Waals surface area (Å²) in [5, 5.41) is 15.0. The number of hydrogen-bond donors (Lipinski definition) is 3. The standard InChI is InChI=1S/C39H37N11O6/c1-23-18-40-36(53)32-17-26-5-9-31(43-34(26)49(23)32)35(52)42-27-19-41-47(22-27)21-24-2-6-28(7-3-24)46-14-12-45(13-15-46)20-25-4-8-29-30(16-25)38(55)50(37(29)54)48-11-10-33(51)44-39(48)56/h2-9,16-17,19,22-23H,10-15,18,20-21H2,1H3,(H,40,53)(H,42,52)(H,44,51,56)/t23-/m1/s1. The van der Waals surface area contributed by atoms with Crippen molar-refractivity contribution in [1.82, 2.24) is 44.9 Å². The minimum absolute atomic E-state index is 0.00831. The Bertz CT molecular complexity index is 2460. The Kier molecular flexibility index (Phi) is 8.57. The number of imide groups is 2. The highest BCUT2D eigenvalue weighted by Gasteiger charge is 2.43. The quantitative estimate of drug-likeness (QED) is 0.199. The van der Waals surface area contributed by atoms with E-state index < -0.39 is 23.8 Å². The first-order valence-electron chi connectivity index (χ1n) is 18.4. The van der Waals surface area contributed by atoms with Gasteiger partial charge < -0.3 is 20.1 Å². The smallest absolute Gasteiger partial charge is 0.343 e. The summed E-state index contributed by atoms with van der Waals surface area (Å²) >= 11 is 0. The lowest BCUT2D eigenvalue weighted by atomic mass is 10.1. The molecule has 2 fully saturated rings. The maximum absolute atomic E-state index is 13.2. The molecule has 0 spiro atoms. The SMILES string of the molecule is C[C@@H]1CNC(=O)c2cc3ccc(C(=O)Nc4cnn(Cc5ccc(N6CCN(Cc7ccc8c(c7)C(=O)N(N7CCC(=O)NC7=O)C8=O)CC6)cc5)c4)nc3n21. The zero-order valence-electron chi connectivity index (χ0n) is 30.4. The summed E-state index contributed by atoms with van der Waals surface area (Å²) in [4.78, 5) is 84.8. The number of amides is 7. The van der Waals surface area contributed by atoms with Crippen LogP contribution in [0.5, 0.6) is 0 Å². The number of carbonyl (C=O) groups excluding carboxylic acids is 6. The molecule has 3 N–H and O–H groups in total. The first kappa shape index (κ1) is 34.9. The average Bonchev–Trinajstić information content (AvgIpc) is 3.88. The van der Waals surface area contributed by atoms with E-state index in [4.69, 9.17) is 0 Å². The fourth-order valence-electron chi connectivity index (χ4n) is 7.74. The van der Waals surface area contributed by atoms with Crippen LogP contribution in [0.25, 0.3) is 11.0 Å². The number of aromatic nitrogens is 4. The lowest BCUT2D eigenvalue weighted by Gasteiger charge is -2.36. The van der Waals surface area contributed by atoms with Crippen molar-refractivity contribution in [2.45, 2.75) is 32.5 Å². The Hall–Kier alpha value is -6.88. The number of carbonyl (C=O) groups is 6. The molecule has 2 aromatic carbocycles. The van der Waals surface area contributed by atoms with Crippen molar-refractivity contribution in [2.75, 3.05) is 49.5 Å². The van der Waals surface area contributed by atoms with E-state index in [0.29, 0.717) is 36.7 Å². The zero-order valence-corrected chi connectivity index (χ0v) is 30.4. The lowest BCUT2D eigenvalue weighted by Crippen LogP contribution is -2.58. The van der Waals surface area contributed by atoms with Crippen molar-refractivity contribution in [2.24, 2.45) is 0 Å². The fraction of sp³-hybridized carbons (Fsp3) is 0.282. The van der Waals surface area contributed by atoms with E-state index in [-0.39, 0.29) is 47.6 Å². The van der Waals surface area contributed by atoms with E-state index in [1.54, 1.807) is 47.4 Å². The van der Waals surface area contributed by atoms with Crippen LogP contribution in [0.2, 0.25) is 0 Å². The van der Waals surface area contributed by atoms with Crippen LogP contribution in [0.1, 0.15) is 72.2 Å². The van der Waals surface area contributed by atoms with Crippen molar-refractivity contribution < 1.29 is 28.8 Å².